The summed E-state index contributed by atoms with van der Waals surface area (Å²) in [6.07, 6.45) is -1.08. The van der Waals surface area contributed by atoms with E-state index in [9.17, 15) is 18.3 Å². The Morgan fingerprint density at radius 2 is 1.70 bits per heavy atom. The summed E-state index contributed by atoms with van der Waals surface area (Å²) in [6.45, 7) is 3.69. The monoisotopic (exact) mass is 522 g/mol. The van der Waals surface area contributed by atoms with E-state index in [1.165, 1.54) is 18.2 Å². The molecule has 3 aromatic rings. The van der Waals surface area contributed by atoms with Crippen LogP contribution >= 0.6 is 0 Å². The van der Waals surface area contributed by atoms with Crippen LogP contribution in [0.2, 0.25) is 0 Å². The van der Waals surface area contributed by atoms with E-state index in [4.69, 9.17) is 9.47 Å². The van der Waals surface area contributed by atoms with Crippen molar-refractivity contribution in [1.29, 1.82) is 0 Å². The lowest BCUT2D eigenvalue weighted by Crippen LogP contribution is -2.59. The van der Waals surface area contributed by atoms with Crippen molar-refractivity contribution in [2.24, 2.45) is 0 Å². The molecule has 1 saturated heterocycles. The molecule has 1 aliphatic rings. The number of hydrogen-bond acceptors (Lipinski definition) is 6. The highest BCUT2D eigenvalue weighted by Crippen LogP contribution is 2.24. The van der Waals surface area contributed by atoms with Gasteiger partial charge in [-0.1, -0.05) is 66.7 Å². The first-order valence-corrected chi connectivity index (χ1v) is 13.4. The van der Waals surface area contributed by atoms with Gasteiger partial charge in [0, 0.05) is 18.5 Å². The molecular weight excluding hydrogens is 492 g/mol. The van der Waals surface area contributed by atoms with Crippen molar-refractivity contribution in [3.8, 4) is 11.1 Å². The first kappa shape index (κ1) is 26.7. The second-order valence-corrected chi connectivity index (χ2v) is 10.4. The Kier molecular flexibility index (Phi) is 8.86. The van der Waals surface area contributed by atoms with E-state index in [0.717, 1.165) is 11.1 Å². The van der Waals surface area contributed by atoms with E-state index < -0.39 is 34.6 Å². The average molecular weight is 523 g/mol. The molecule has 0 bridgehead atoms. The maximum atomic E-state index is 13.1. The Morgan fingerprint density at radius 3 is 2.41 bits per heavy atom. The minimum atomic E-state index is -3.75. The van der Waals surface area contributed by atoms with Gasteiger partial charge < -0.3 is 19.9 Å². The van der Waals surface area contributed by atoms with Crippen LogP contribution in [0.4, 0.5) is 0 Å². The zero-order valence-electron chi connectivity index (χ0n) is 20.2. The van der Waals surface area contributed by atoms with Crippen LogP contribution in [0.1, 0.15) is 16.8 Å². The number of carbonyl (C=O) groups is 1. The van der Waals surface area contributed by atoms with Gasteiger partial charge in [-0.05, 0) is 35.4 Å². The van der Waals surface area contributed by atoms with E-state index in [1.807, 2.05) is 36.4 Å². The number of aliphatic hydroxyl groups excluding tert-OH is 1. The van der Waals surface area contributed by atoms with Crippen molar-refractivity contribution < 1.29 is 27.8 Å². The zero-order chi connectivity index (χ0) is 26.3. The SMILES string of the molecule is C=CCOC1O[C@H](CNS(=O)(=O)c2ccccc2)C[C@H](O)[C@H]1NC(=O)c1cccc(-c2ccccc2)c1. The number of sulfonamides is 1. The van der Waals surface area contributed by atoms with E-state index in [1.54, 1.807) is 36.4 Å². The Labute approximate surface area is 217 Å². The van der Waals surface area contributed by atoms with E-state index in [-0.39, 0.29) is 30.4 Å². The topological polar surface area (TPSA) is 114 Å². The molecular formula is C28H30N2O6S. The third-order valence-electron chi connectivity index (χ3n) is 6.00. The van der Waals surface area contributed by atoms with Crippen LogP contribution in [0, 0.1) is 0 Å². The highest BCUT2D eigenvalue weighted by molar-refractivity contribution is 7.89. The summed E-state index contributed by atoms with van der Waals surface area (Å²) >= 11 is 0. The molecule has 4 atom stereocenters. The maximum Gasteiger partial charge on any atom is 0.251 e. The van der Waals surface area contributed by atoms with Crippen molar-refractivity contribution >= 4 is 15.9 Å². The number of carbonyl (C=O) groups excluding carboxylic acids is 1. The Hall–Kier alpha value is -3.34. The van der Waals surface area contributed by atoms with Gasteiger partial charge in [0.05, 0.1) is 23.7 Å². The summed E-state index contributed by atoms with van der Waals surface area (Å²) in [5.74, 6) is -0.388. The fraction of sp³-hybridized carbons (Fsp3) is 0.250. The van der Waals surface area contributed by atoms with Crippen molar-refractivity contribution in [1.82, 2.24) is 10.0 Å². The summed E-state index contributed by atoms with van der Waals surface area (Å²) in [5.41, 5.74) is 2.29. The second kappa shape index (κ2) is 12.3. The molecule has 0 aromatic heterocycles. The number of aliphatic hydroxyl groups is 1. The smallest absolute Gasteiger partial charge is 0.251 e. The summed E-state index contributed by atoms with van der Waals surface area (Å²) in [7, 11) is -3.75. The molecule has 0 saturated carbocycles. The summed E-state index contributed by atoms with van der Waals surface area (Å²) in [6, 6.07) is 24.0. The molecule has 1 heterocycles. The third kappa shape index (κ3) is 6.91. The lowest BCUT2D eigenvalue weighted by Gasteiger charge is -2.39. The molecule has 3 aromatic carbocycles. The van der Waals surface area contributed by atoms with E-state index in [0.29, 0.717) is 5.56 Å². The molecule has 37 heavy (non-hydrogen) atoms. The van der Waals surface area contributed by atoms with Gasteiger partial charge in [0.1, 0.15) is 6.04 Å². The fourth-order valence-corrected chi connectivity index (χ4v) is 5.21. The molecule has 0 radical (unpaired) electrons. The number of ether oxygens (including phenoxy) is 2. The van der Waals surface area contributed by atoms with E-state index in [2.05, 4.69) is 16.6 Å². The van der Waals surface area contributed by atoms with Gasteiger partial charge in [0.2, 0.25) is 10.0 Å². The molecule has 1 aliphatic heterocycles. The van der Waals surface area contributed by atoms with Gasteiger partial charge in [-0.3, -0.25) is 4.79 Å². The Balaban J connectivity index is 1.44. The molecule has 1 fully saturated rings. The molecule has 0 spiro atoms. The highest BCUT2D eigenvalue weighted by Gasteiger charge is 2.40. The predicted molar refractivity (Wildman–Crippen MR) is 140 cm³/mol. The summed E-state index contributed by atoms with van der Waals surface area (Å²) in [5, 5.41) is 13.7. The first-order valence-electron chi connectivity index (χ1n) is 11.9. The largest absolute Gasteiger partial charge is 0.391 e. The van der Waals surface area contributed by atoms with Gasteiger partial charge in [-0.15, -0.1) is 6.58 Å². The van der Waals surface area contributed by atoms with Crippen LogP contribution in [0.15, 0.2) is 102 Å². The minimum absolute atomic E-state index is 0.0674. The number of rotatable bonds is 10. The number of hydrogen-bond donors (Lipinski definition) is 3. The molecule has 9 heteroatoms. The summed E-state index contributed by atoms with van der Waals surface area (Å²) in [4.78, 5) is 13.2. The van der Waals surface area contributed by atoms with Crippen molar-refractivity contribution in [2.45, 2.75) is 35.9 Å². The third-order valence-corrected chi connectivity index (χ3v) is 7.44. The standard InChI is InChI=1S/C28H30N2O6S/c1-2-16-35-28-26(30-27(32)22-13-9-12-21(17-22)20-10-5-3-6-11-20)25(31)18-23(36-28)19-29-37(33,34)24-14-7-4-8-15-24/h2-15,17,23,25-26,28-29,31H,1,16,18-19H2,(H,30,32)/t23-,25-,26+,28?/m0/s1. The number of amides is 1. The number of benzene rings is 3. The second-order valence-electron chi connectivity index (χ2n) is 8.66. The normalized spacial score (nSPS) is 21.8. The van der Waals surface area contributed by atoms with Crippen LogP contribution in [0.5, 0.6) is 0 Å². The first-order chi connectivity index (χ1) is 17.9. The van der Waals surface area contributed by atoms with Gasteiger partial charge in [0.15, 0.2) is 6.29 Å². The quantitative estimate of drug-likeness (QED) is 0.353. The number of nitrogens with one attached hydrogen (secondary N) is 2. The Bertz CT molecular complexity index is 1300. The minimum Gasteiger partial charge on any atom is -0.391 e. The predicted octanol–water partition coefficient (Wildman–Crippen LogP) is 3.11. The Morgan fingerprint density at radius 1 is 1.03 bits per heavy atom. The average Bonchev–Trinajstić information content (AvgIpc) is 2.93. The zero-order valence-corrected chi connectivity index (χ0v) is 21.0. The molecule has 0 aliphatic carbocycles. The molecule has 194 valence electrons. The molecule has 4 rings (SSSR count). The molecule has 8 nitrogen and oxygen atoms in total. The molecule has 1 unspecified atom stereocenters. The van der Waals surface area contributed by atoms with Crippen LogP contribution in [0.25, 0.3) is 11.1 Å². The fourth-order valence-electron chi connectivity index (χ4n) is 4.12. The van der Waals surface area contributed by atoms with Gasteiger partial charge in [-0.2, -0.15) is 0 Å². The van der Waals surface area contributed by atoms with Gasteiger partial charge in [-0.25, -0.2) is 13.1 Å². The lowest BCUT2D eigenvalue weighted by atomic mass is 9.98. The van der Waals surface area contributed by atoms with Crippen molar-refractivity contribution in [2.75, 3.05) is 13.2 Å². The maximum absolute atomic E-state index is 13.1. The van der Waals surface area contributed by atoms with Crippen molar-refractivity contribution in [3.05, 3.63) is 103 Å². The van der Waals surface area contributed by atoms with Crippen molar-refractivity contribution in [3.63, 3.8) is 0 Å². The van der Waals surface area contributed by atoms with Gasteiger partial charge in [0.25, 0.3) is 5.91 Å². The van der Waals surface area contributed by atoms with Gasteiger partial charge >= 0.3 is 0 Å². The van der Waals surface area contributed by atoms with Crippen LogP contribution < -0.4 is 10.0 Å². The van der Waals surface area contributed by atoms with Crippen LogP contribution in [-0.4, -0.2) is 57.1 Å². The summed E-state index contributed by atoms with van der Waals surface area (Å²) < 4.78 is 39.3. The molecule has 3 N–H and O–H groups in total. The van der Waals surface area contributed by atoms with Crippen LogP contribution in [0.3, 0.4) is 0 Å². The lowest BCUT2D eigenvalue weighted by molar-refractivity contribution is -0.223. The molecule has 1 amide bonds. The van der Waals surface area contributed by atoms with Crippen LogP contribution in [-0.2, 0) is 19.5 Å². The van der Waals surface area contributed by atoms with E-state index >= 15 is 0 Å². The highest BCUT2D eigenvalue weighted by atomic mass is 32.2.